The number of carbonyl (C=O) groups excluding carboxylic acids is 1. The predicted octanol–water partition coefficient (Wildman–Crippen LogP) is -0.236. The Labute approximate surface area is 116 Å². The van der Waals surface area contributed by atoms with Crippen molar-refractivity contribution >= 4 is 23.3 Å². The summed E-state index contributed by atoms with van der Waals surface area (Å²) < 4.78 is 7.70. The third-order valence-electron chi connectivity index (χ3n) is 2.49. The van der Waals surface area contributed by atoms with Crippen LogP contribution in [0.1, 0.15) is 17.3 Å². The molecule has 0 atom stereocenters. The van der Waals surface area contributed by atoms with Crippen LogP contribution in [0.5, 0.6) is 0 Å². The topological polar surface area (TPSA) is 140 Å². The van der Waals surface area contributed by atoms with Crippen LogP contribution in [0.4, 0.5) is 17.3 Å². The van der Waals surface area contributed by atoms with Gasteiger partial charge in [-0.2, -0.15) is 10.2 Å². The molecule has 0 aliphatic rings. The zero-order valence-electron chi connectivity index (χ0n) is 11.7. The molecule has 0 saturated heterocycles. The molecule has 0 aliphatic carbocycles. The molecule has 0 spiro atoms. The van der Waals surface area contributed by atoms with Gasteiger partial charge in [-0.05, 0) is 6.92 Å². The number of aryl methyl sites for hydroxylation is 2. The number of hydrogen-bond donors (Lipinski definition) is 3. The van der Waals surface area contributed by atoms with Gasteiger partial charge in [-0.15, -0.1) is 0 Å². The Kier molecular flexibility index (Phi) is 4.95. The van der Waals surface area contributed by atoms with Gasteiger partial charge >= 0.3 is 5.97 Å². The van der Waals surface area contributed by atoms with Crippen LogP contribution < -0.4 is 17.2 Å². The monoisotopic (exact) mass is 281 g/mol. The maximum Gasteiger partial charge on any atom is 0.343 e. The van der Waals surface area contributed by atoms with Crippen LogP contribution in [0.15, 0.2) is 12.4 Å². The zero-order valence-corrected chi connectivity index (χ0v) is 11.7. The summed E-state index contributed by atoms with van der Waals surface area (Å²) in [6.45, 7) is 2.08. The molecule has 2 aromatic heterocycles. The SMILES string of the molecule is CCOC(=O)c1cnn(C)c1N.Cn1ncc(N)c1N. The molecular formula is C11H19N7O2. The first kappa shape index (κ1) is 15.3. The molecular weight excluding hydrogens is 262 g/mol. The van der Waals surface area contributed by atoms with Crippen LogP contribution in [0.3, 0.4) is 0 Å². The van der Waals surface area contributed by atoms with Crippen LogP contribution in [0.25, 0.3) is 0 Å². The summed E-state index contributed by atoms with van der Waals surface area (Å²) in [5, 5.41) is 7.59. The minimum absolute atomic E-state index is 0.319. The molecule has 0 fully saturated rings. The molecule has 9 nitrogen and oxygen atoms in total. The number of anilines is 3. The van der Waals surface area contributed by atoms with E-state index in [1.165, 1.54) is 21.8 Å². The van der Waals surface area contributed by atoms with Gasteiger partial charge in [0.2, 0.25) is 0 Å². The summed E-state index contributed by atoms with van der Waals surface area (Å²) in [7, 11) is 3.41. The van der Waals surface area contributed by atoms with Crippen LogP contribution in [0.2, 0.25) is 0 Å². The minimum Gasteiger partial charge on any atom is -0.462 e. The average molecular weight is 281 g/mol. The van der Waals surface area contributed by atoms with E-state index in [1.807, 2.05) is 0 Å². The number of rotatable bonds is 2. The highest BCUT2D eigenvalue weighted by atomic mass is 16.5. The lowest BCUT2D eigenvalue weighted by Gasteiger charge is -1.99. The number of nitrogen functional groups attached to an aromatic ring is 3. The Morgan fingerprint density at radius 2 is 1.70 bits per heavy atom. The maximum absolute atomic E-state index is 11.1. The van der Waals surface area contributed by atoms with Crippen molar-refractivity contribution in [3.05, 3.63) is 18.0 Å². The van der Waals surface area contributed by atoms with Crippen molar-refractivity contribution < 1.29 is 9.53 Å². The van der Waals surface area contributed by atoms with Gasteiger partial charge in [-0.1, -0.05) is 0 Å². The molecule has 20 heavy (non-hydrogen) atoms. The molecule has 2 heterocycles. The molecule has 0 amide bonds. The van der Waals surface area contributed by atoms with Crippen molar-refractivity contribution in [1.82, 2.24) is 19.6 Å². The Morgan fingerprint density at radius 3 is 2.00 bits per heavy atom. The zero-order chi connectivity index (χ0) is 15.3. The van der Waals surface area contributed by atoms with Crippen LogP contribution in [-0.2, 0) is 18.8 Å². The lowest BCUT2D eigenvalue weighted by atomic mass is 10.3. The molecule has 9 heteroatoms. The van der Waals surface area contributed by atoms with Crippen molar-refractivity contribution in [3.8, 4) is 0 Å². The maximum atomic E-state index is 11.1. The van der Waals surface area contributed by atoms with E-state index in [-0.39, 0.29) is 0 Å². The largest absolute Gasteiger partial charge is 0.462 e. The van der Waals surface area contributed by atoms with Gasteiger partial charge in [0, 0.05) is 14.1 Å². The Balaban J connectivity index is 0.000000217. The lowest BCUT2D eigenvalue weighted by Crippen LogP contribution is -2.07. The fraction of sp³-hybridized carbons (Fsp3) is 0.364. The average Bonchev–Trinajstić information content (AvgIpc) is 2.89. The first-order valence-electron chi connectivity index (χ1n) is 5.86. The summed E-state index contributed by atoms with van der Waals surface area (Å²) in [6, 6.07) is 0. The summed E-state index contributed by atoms with van der Waals surface area (Å²) in [4.78, 5) is 11.1. The van der Waals surface area contributed by atoms with Crippen molar-refractivity contribution in [3.63, 3.8) is 0 Å². The summed E-state index contributed by atoms with van der Waals surface area (Å²) >= 11 is 0. The molecule has 0 aliphatic heterocycles. The quantitative estimate of drug-likeness (QED) is 0.645. The van der Waals surface area contributed by atoms with E-state index >= 15 is 0 Å². The second-order valence-electron chi connectivity index (χ2n) is 3.90. The fourth-order valence-corrected chi connectivity index (χ4v) is 1.28. The van der Waals surface area contributed by atoms with Crippen molar-refractivity contribution in [2.75, 3.05) is 23.8 Å². The molecule has 0 aromatic carbocycles. The number of ether oxygens (including phenoxy) is 1. The normalized spacial score (nSPS) is 9.75. The standard InChI is InChI=1S/C7H11N3O2.C4H8N4/c1-3-12-7(11)5-4-9-10(2)6(5)8;1-8-4(6)3(5)2-7-8/h4H,3,8H2,1-2H3;2H,5-6H2,1H3. The van der Waals surface area contributed by atoms with Gasteiger partial charge < -0.3 is 21.9 Å². The van der Waals surface area contributed by atoms with Crippen LogP contribution >= 0.6 is 0 Å². The van der Waals surface area contributed by atoms with Gasteiger partial charge in [-0.3, -0.25) is 9.36 Å². The highest BCUT2D eigenvalue weighted by Crippen LogP contribution is 2.10. The number of carbonyl (C=O) groups is 1. The van der Waals surface area contributed by atoms with Gasteiger partial charge in [0.25, 0.3) is 0 Å². The number of nitrogens with two attached hydrogens (primary N) is 3. The van der Waals surface area contributed by atoms with Crippen LogP contribution in [-0.4, -0.2) is 32.1 Å². The van der Waals surface area contributed by atoms with Gasteiger partial charge in [0.15, 0.2) is 0 Å². The molecule has 110 valence electrons. The van der Waals surface area contributed by atoms with Crippen molar-refractivity contribution in [2.24, 2.45) is 14.1 Å². The van der Waals surface area contributed by atoms with E-state index in [9.17, 15) is 4.79 Å². The Bertz CT molecular complexity index is 568. The highest BCUT2D eigenvalue weighted by Gasteiger charge is 2.13. The smallest absolute Gasteiger partial charge is 0.343 e. The van der Waals surface area contributed by atoms with Crippen molar-refractivity contribution in [2.45, 2.75) is 6.92 Å². The first-order valence-corrected chi connectivity index (χ1v) is 5.86. The molecule has 6 N–H and O–H groups in total. The summed E-state index contributed by atoms with van der Waals surface area (Å²) in [5.74, 6) is 0.418. The third kappa shape index (κ3) is 3.40. The van der Waals surface area contributed by atoms with Gasteiger partial charge in [-0.25, -0.2) is 4.79 Å². The molecule has 2 aromatic rings. The minimum atomic E-state index is -0.428. The molecule has 0 radical (unpaired) electrons. The third-order valence-corrected chi connectivity index (χ3v) is 2.49. The van der Waals surface area contributed by atoms with E-state index in [4.69, 9.17) is 21.9 Å². The van der Waals surface area contributed by atoms with Gasteiger partial charge in [0.1, 0.15) is 17.2 Å². The number of nitrogens with zero attached hydrogens (tertiary/aromatic N) is 4. The van der Waals surface area contributed by atoms with Crippen molar-refractivity contribution in [1.29, 1.82) is 0 Å². The Morgan fingerprint density at radius 1 is 1.15 bits per heavy atom. The summed E-state index contributed by atoms with van der Waals surface area (Å²) in [5.41, 5.74) is 17.1. The number of hydrogen-bond acceptors (Lipinski definition) is 7. The predicted molar refractivity (Wildman–Crippen MR) is 75.6 cm³/mol. The second kappa shape index (κ2) is 6.45. The number of aromatic nitrogens is 4. The van der Waals surface area contributed by atoms with Crippen LogP contribution in [0, 0.1) is 0 Å². The lowest BCUT2D eigenvalue weighted by molar-refractivity contribution is 0.0527. The summed E-state index contributed by atoms with van der Waals surface area (Å²) in [6.07, 6.45) is 2.92. The van der Waals surface area contributed by atoms with E-state index in [2.05, 4.69) is 10.2 Å². The van der Waals surface area contributed by atoms with E-state index < -0.39 is 5.97 Å². The molecule has 2 rings (SSSR count). The molecule has 0 bridgehead atoms. The first-order chi connectivity index (χ1) is 9.38. The molecule has 0 unspecified atom stereocenters. The van der Waals surface area contributed by atoms with E-state index in [1.54, 1.807) is 21.0 Å². The Hall–Kier alpha value is -2.71. The second-order valence-corrected chi connectivity index (χ2v) is 3.90. The van der Waals surface area contributed by atoms with Gasteiger partial charge in [0.05, 0.1) is 24.7 Å². The highest BCUT2D eigenvalue weighted by molar-refractivity contribution is 5.93. The molecule has 0 saturated carbocycles. The fourth-order valence-electron chi connectivity index (χ4n) is 1.28. The number of esters is 1. The van der Waals surface area contributed by atoms with E-state index in [0.717, 1.165) is 0 Å². The van der Waals surface area contributed by atoms with E-state index in [0.29, 0.717) is 29.5 Å².